The summed E-state index contributed by atoms with van der Waals surface area (Å²) in [6.07, 6.45) is 0.669. The predicted molar refractivity (Wildman–Crippen MR) is 120 cm³/mol. The first-order valence-corrected chi connectivity index (χ1v) is 10.2. The van der Waals surface area contributed by atoms with Crippen molar-refractivity contribution in [1.29, 1.82) is 0 Å². The maximum atomic E-state index is 13.2. The van der Waals surface area contributed by atoms with Crippen LogP contribution in [-0.2, 0) is 17.6 Å². The highest BCUT2D eigenvalue weighted by Crippen LogP contribution is 2.25. The van der Waals surface area contributed by atoms with Gasteiger partial charge in [0.1, 0.15) is 5.75 Å². The second-order valence-corrected chi connectivity index (χ2v) is 7.46. The molecule has 0 aliphatic rings. The Morgan fingerprint density at radius 3 is 2.39 bits per heavy atom. The average Bonchev–Trinajstić information content (AvgIpc) is 3.11. The molecular weight excluding hydrogens is 390 g/mol. The first kappa shape index (κ1) is 20.4. The third-order valence-electron chi connectivity index (χ3n) is 5.27. The minimum absolute atomic E-state index is 0.0747. The lowest BCUT2D eigenvalue weighted by atomic mass is 10.1. The minimum atomic E-state index is -0.893. The molecule has 0 amide bonds. The molecule has 0 fully saturated rings. The van der Waals surface area contributed by atoms with Gasteiger partial charge in [0.25, 0.3) is 5.91 Å². The highest BCUT2D eigenvalue weighted by Gasteiger charge is 2.17. The molecule has 3 aromatic carbocycles. The van der Waals surface area contributed by atoms with E-state index < -0.39 is 5.97 Å². The summed E-state index contributed by atoms with van der Waals surface area (Å²) in [5.74, 6) is -0.186. The van der Waals surface area contributed by atoms with Crippen LogP contribution >= 0.6 is 0 Å². The van der Waals surface area contributed by atoms with Crippen molar-refractivity contribution < 1.29 is 19.4 Å². The van der Waals surface area contributed by atoms with Gasteiger partial charge in [-0.1, -0.05) is 42.5 Å². The van der Waals surface area contributed by atoms with E-state index in [0.29, 0.717) is 17.7 Å². The molecule has 5 heteroatoms. The second-order valence-electron chi connectivity index (χ2n) is 7.46. The summed E-state index contributed by atoms with van der Waals surface area (Å²) in [4.78, 5) is 24.4. The van der Waals surface area contributed by atoms with Crippen LogP contribution in [0.5, 0.6) is 5.75 Å². The molecule has 0 atom stereocenters. The van der Waals surface area contributed by atoms with Gasteiger partial charge in [-0.2, -0.15) is 0 Å². The molecule has 0 saturated heterocycles. The van der Waals surface area contributed by atoms with Crippen LogP contribution in [0.25, 0.3) is 10.9 Å². The Labute approximate surface area is 180 Å². The molecule has 5 nitrogen and oxygen atoms in total. The van der Waals surface area contributed by atoms with Crippen LogP contribution < -0.4 is 4.74 Å². The molecule has 31 heavy (non-hydrogen) atoms. The summed E-state index contributed by atoms with van der Waals surface area (Å²) in [7, 11) is 0. The SMILES string of the molecule is Cc1cc2c(CC(=O)O)cccc2n1C(=O)c1ccc(CCOc2ccccc2)cc1. The van der Waals surface area contributed by atoms with E-state index in [1.807, 2.05) is 73.7 Å². The van der Waals surface area contributed by atoms with Crippen LogP contribution in [0.2, 0.25) is 0 Å². The van der Waals surface area contributed by atoms with Crippen molar-refractivity contribution in [3.63, 3.8) is 0 Å². The lowest BCUT2D eigenvalue weighted by molar-refractivity contribution is -0.136. The summed E-state index contributed by atoms with van der Waals surface area (Å²) >= 11 is 0. The van der Waals surface area contributed by atoms with Crippen LogP contribution in [0.3, 0.4) is 0 Å². The van der Waals surface area contributed by atoms with Crippen LogP contribution in [0.4, 0.5) is 0 Å². The summed E-state index contributed by atoms with van der Waals surface area (Å²) in [5, 5.41) is 9.96. The van der Waals surface area contributed by atoms with Crippen molar-refractivity contribution in [3.8, 4) is 5.75 Å². The number of hydrogen-bond acceptors (Lipinski definition) is 3. The second kappa shape index (κ2) is 8.88. The fourth-order valence-electron chi connectivity index (χ4n) is 3.76. The molecule has 4 rings (SSSR count). The lowest BCUT2D eigenvalue weighted by Crippen LogP contribution is -2.13. The van der Waals surface area contributed by atoms with Crippen molar-refractivity contribution >= 4 is 22.8 Å². The molecular formula is C26H23NO4. The summed E-state index contributed by atoms with van der Waals surface area (Å²) in [6, 6.07) is 24.5. The standard InChI is InChI=1S/C26H23NO4/c1-18-16-23-21(17-25(28)29)6-5-9-24(23)27(18)26(30)20-12-10-19(11-13-20)14-15-31-22-7-3-2-4-8-22/h2-13,16H,14-15,17H2,1H3,(H,28,29). The van der Waals surface area contributed by atoms with Crippen LogP contribution in [0.1, 0.15) is 27.2 Å². The molecule has 0 bridgehead atoms. The van der Waals surface area contributed by atoms with Gasteiger partial charge in [-0.15, -0.1) is 0 Å². The summed E-state index contributed by atoms with van der Waals surface area (Å²) < 4.78 is 7.38. The largest absolute Gasteiger partial charge is 0.493 e. The third-order valence-corrected chi connectivity index (χ3v) is 5.27. The molecule has 0 unspecified atom stereocenters. The maximum absolute atomic E-state index is 13.2. The molecule has 156 valence electrons. The molecule has 4 aromatic rings. The Bertz CT molecular complexity index is 1220. The molecule has 0 saturated carbocycles. The van der Waals surface area contributed by atoms with Crippen LogP contribution in [0.15, 0.2) is 78.9 Å². The smallest absolute Gasteiger partial charge is 0.307 e. The monoisotopic (exact) mass is 413 g/mol. The molecule has 1 N–H and O–H groups in total. The van der Waals surface area contributed by atoms with E-state index >= 15 is 0 Å². The van der Waals surface area contributed by atoms with Gasteiger partial charge >= 0.3 is 5.97 Å². The van der Waals surface area contributed by atoms with E-state index in [2.05, 4.69) is 0 Å². The van der Waals surface area contributed by atoms with Crippen molar-refractivity contribution in [2.24, 2.45) is 0 Å². The lowest BCUT2D eigenvalue weighted by Gasteiger charge is -2.09. The number of rotatable bonds is 7. The normalized spacial score (nSPS) is 10.9. The van der Waals surface area contributed by atoms with E-state index in [1.54, 1.807) is 16.7 Å². The molecule has 0 spiro atoms. The van der Waals surface area contributed by atoms with Gasteiger partial charge in [0.05, 0.1) is 18.5 Å². The number of nitrogens with zero attached hydrogens (tertiary/aromatic N) is 1. The van der Waals surface area contributed by atoms with Crippen LogP contribution in [-0.4, -0.2) is 28.2 Å². The first-order chi connectivity index (χ1) is 15.0. The highest BCUT2D eigenvalue weighted by molar-refractivity contribution is 6.03. The zero-order valence-electron chi connectivity index (χ0n) is 17.2. The Hall–Kier alpha value is -3.86. The third kappa shape index (κ3) is 4.51. The number of fused-ring (bicyclic) bond motifs is 1. The minimum Gasteiger partial charge on any atom is -0.493 e. The zero-order chi connectivity index (χ0) is 21.8. The number of aromatic nitrogens is 1. The number of aryl methyl sites for hydroxylation is 1. The highest BCUT2D eigenvalue weighted by atomic mass is 16.5. The number of hydrogen-bond donors (Lipinski definition) is 1. The van der Waals surface area contributed by atoms with E-state index in [9.17, 15) is 9.59 Å². The van der Waals surface area contributed by atoms with E-state index in [4.69, 9.17) is 9.84 Å². The molecule has 1 aromatic heterocycles. The topological polar surface area (TPSA) is 68.5 Å². The number of carboxylic acid groups (broad SMARTS) is 1. The Morgan fingerprint density at radius 2 is 1.68 bits per heavy atom. The van der Waals surface area contributed by atoms with Gasteiger partial charge in [0.2, 0.25) is 0 Å². The molecule has 1 heterocycles. The fraction of sp³-hybridized carbons (Fsp3) is 0.154. The number of carboxylic acids is 1. The first-order valence-electron chi connectivity index (χ1n) is 10.2. The van der Waals surface area contributed by atoms with Gasteiger partial charge in [-0.3, -0.25) is 14.2 Å². The number of para-hydroxylation sites is 1. The van der Waals surface area contributed by atoms with E-state index in [1.165, 1.54) is 0 Å². The van der Waals surface area contributed by atoms with Crippen LogP contribution in [0, 0.1) is 6.92 Å². The molecule has 0 aliphatic heterocycles. The molecule has 0 radical (unpaired) electrons. The average molecular weight is 413 g/mol. The summed E-state index contributed by atoms with van der Waals surface area (Å²) in [5.41, 5.74) is 3.87. The quantitative estimate of drug-likeness (QED) is 0.469. The number of ether oxygens (including phenoxy) is 1. The van der Waals surface area contributed by atoms with Gasteiger partial charge in [0, 0.05) is 23.1 Å². The Kier molecular flexibility index (Phi) is 5.85. The predicted octanol–water partition coefficient (Wildman–Crippen LogP) is 4.89. The van der Waals surface area contributed by atoms with Gasteiger partial charge in [-0.05, 0) is 54.4 Å². The van der Waals surface area contributed by atoms with Crippen molar-refractivity contribution in [3.05, 3.63) is 101 Å². The number of aliphatic carboxylic acids is 1. The number of carbonyl (C=O) groups excluding carboxylic acids is 1. The van der Waals surface area contributed by atoms with Crippen molar-refractivity contribution in [2.45, 2.75) is 19.8 Å². The Balaban J connectivity index is 1.51. The van der Waals surface area contributed by atoms with E-state index in [-0.39, 0.29) is 12.3 Å². The maximum Gasteiger partial charge on any atom is 0.307 e. The zero-order valence-corrected chi connectivity index (χ0v) is 17.2. The Morgan fingerprint density at radius 1 is 0.935 bits per heavy atom. The number of carbonyl (C=O) groups is 2. The van der Waals surface area contributed by atoms with Gasteiger partial charge in [-0.25, -0.2) is 0 Å². The van der Waals surface area contributed by atoms with Crippen molar-refractivity contribution in [2.75, 3.05) is 6.61 Å². The number of benzene rings is 3. The van der Waals surface area contributed by atoms with Gasteiger partial charge < -0.3 is 9.84 Å². The fourth-order valence-corrected chi connectivity index (χ4v) is 3.76. The van der Waals surface area contributed by atoms with Gasteiger partial charge in [0.15, 0.2) is 0 Å². The summed E-state index contributed by atoms with van der Waals surface area (Å²) in [6.45, 7) is 2.42. The van der Waals surface area contributed by atoms with E-state index in [0.717, 1.165) is 34.3 Å². The molecule has 0 aliphatic carbocycles. The van der Waals surface area contributed by atoms with Crippen molar-refractivity contribution in [1.82, 2.24) is 4.57 Å².